The molecule has 0 N–H and O–H groups in total. The van der Waals surface area contributed by atoms with Crippen molar-refractivity contribution in [2.24, 2.45) is 0 Å². The van der Waals surface area contributed by atoms with Gasteiger partial charge in [-0.15, -0.1) is 0 Å². The van der Waals surface area contributed by atoms with Gasteiger partial charge in [0.05, 0.1) is 19.4 Å². The fourth-order valence-electron chi connectivity index (χ4n) is 1.73. The fraction of sp³-hybridized carbons (Fsp3) is 0.267. The first-order valence-corrected chi connectivity index (χ1v) is 6.97. The van der Waals surface area contributed by atoms with Gasteiger partial charge in [0.15, 0.2) is 11.5 Å². The molecule has 4 heteroatoms. The van der Waals surface area contributed by atoms with Crippen molar-refractivity contribution in [1.82, 2.24) is 4.98 Å². The molecular weight excluding hydrogens is 306 g/mol. The van der Waals surface area contributed by atoms with Crippen molar-refractivity contribution in [3.05, 3.63) is 41.0 Å². The van der Waals surface area contributed by atoms with Gasteiger partial charge in [0.25, 0.3) is 0 Å². The molecule has 2 aromatic rings. The van der Waals surface area contributed by atoms with Crippen LogP contribution in [0.4, 0.5) is 0 Å². The Bertz CT molecular complexity index is 558. The van der Waals surface area contributed by atoms with E-state index in [-0.39, 0.29) is 0 Å². The Morgan fingerprint density at radius 1 is 1.16 bits per heavy atom. The van der Waals surface area contributed by atoms with Gasteiger partial charge in [-0.05, 0) is 52.7 Å². The number of nitrogens with zero attached hydrogens (tertiary/aromatic N) is 1. The van der Waals surface area contributed by atoms with E-state index in [9.17, 15) is 0 Å². The first kappa shape index (κ1) is 13.9. The van der Waals surface area contributed by atoms with Crippen LogP contribution in [-0.2, 0) is 0 Å². The van der Waals surface area contributed by atoms with Gasteiger partial charge >= 0.3 is 0 Å². The molecule has 2 rings (SSSR count). The normalized spacial score (nSPS) is 10.3. The predicted octanol–water partition coefficient (Wildman–Crippen LogP) is 4.31. The van der Waals surface area contributed by atoms with Crippen LogP contribution in [0.2, 0.25) is 0 Å². The summed E-state index contributed by atoms with van der Waals surface area (Å²) in [6.07, 6.45) is 0.961. The van der Waals surface area contributed by atoms with Gasteiger partial charge in [0, 0.05) is 5.56 Å². The predicted molar refractivity (Wildman–Crippen MR) is 79.7 cm³/mol. The molecule has 0 atom stereocenters. The van der Waals surface area contributed by atoms with Gasteiger partial charge in [0.2, 0.25) is 0 Å². The minimum Gasteiger partial charge on any atom is -0.493 e. The number of methoxy groups -OCH3 is 1. The van der Waals surface area contributed by atoms with E-state index in [1.807, 2.05) is 36.4 Å². The number of ether oxygens (including phenoxy) is 2. The number of rotatable bonds is 5. The molecule has 0 saturated heterocycles. The van der Waals surface area contributed by atoms with Gasteiger partial charge in [0.1, 0.15) is 4.60 Å². The molecule has 0 spiro atoms. The number of pyridine rings is 1. The third-order valence-corrected chi connectivity index (χ3v) is 3.08. The van der Waals surface area contributed by atoms with Crippen LogP contribution in [0.25, 0.3) is 11.3 Å². The average molecular weight is 322 g/mol. The average Bonchev–Trinajstić information content (AvgIpc) is 2.44. The standard InChI is InChI=1S/C15H16BrNO2/c1-3-9-19-14-10-11(7-8-13(14)18-2)12-5-4-6-15(16)17-12/h4-8,10H,3,9H2,1-2H3. The van der Waals surface area contributed by atoms with Crippen molar-refractivity contribution in [2.45, 2.75) is 13.3 Å². The quantitative estimate of drug-likeness (QED) is 0.769. The third-order valence-electron chi connectivity index (χ3n) is 2.64. The molecule has 0 saturated carbocycles. The number of hydrogen-bond acceptors (Lipinski definition) is 3. The summed E-state index contributed by atoms with van der Waals surface area (Å²) in [5.74, 6) is 1.50. The van der Waals surface area contributed by atoms with E-state index in [0.29, 0.717) is 6.61 Å². The molecule has 0 bridgehead atoms. The molecule has 1 heterocycles. The summed E-state index contributed by atoms with van der Waals surface area (Å²) in [6.45, 7) is 2.75. The molecule has 0 fully saturated rings. The largest absolute Gasteiger partial charge is 0.493 e. The molecule has 19 heavy (non-hydrogen) atoms. The first-order chi connectivity index (χ1) is 9.24. The van der Waals surface area contributed by atoms with Crippen molar-refractivity contribution >= 4 is 15.9 Å². The zero-order valence-electron chi connectivity index (χ0n) is 11.0. The Balaban J connectivity index is 2.36. The van der Waals surface area contributed by atoms with E-state index in [1.54, 1.807) is 7.11 Å². The molecule has 0 amide bonds. The lowest BCUT2D eigenvalue weighted by atomic mass is 10.1. The summed E-state index contributed by atoms with van der Waals surface area (Å²) < 4.78 is 11.8. The van der Waals surface area contributed by atoms with Gasteiger partial charge in [-0.25, -0.2) is 4.98 Å². The van der Waals surface area contributed by atoms with Crippen LogP contribution in [0.5, 0.6) is 11.5 Å². The van der Waals surface area contributed by atoms with Gasteiger partial charge < -0.3 is 9.47 Å². The monoisotopic (exact) mass is 321 g/mol. The number of halogens is 1. The Hall–Kier alpha value is -1.55. The highest BCUT2D eigenvalue weighted by Crippen LogP contribution is 2.32. The van der Waals surface area contributed by atoms with E-state index < -0.39 is 0 Å². The Morgan fingerprint density at radius 3 is 2.68 bits per heavy atom. The summed E-state index contributed by atoms with van der Waals surface area (Å²) in [4.78, 5) is 4.44. The highest BCUT2D eigenvalue weighted by atomic mass is 79.9. The Morgan fingerprint density at radius 2 is 2.00 bits per heavy atom. The van der Waals surface area contributed by atoms with Gasteiger partial charge in [-0.1, -0.05) is 13.0 Å². The summed E-state index contributed by atoms with van der Waals surface area (Å²) in [5, 5.41) is 0. The van der Waals surface area contributed by atoms with Crippen LogP contribution in [0.15, 0.2) is 41.0 Å². The van der Waals surface area contributed by atoms with E-state index in [2.05, 4.69) is 27.8 Å². The van der Waals surface area contributed by atoms with Crippen molar-refractivity contribution in [1.29, 1.82) is 0 Å². The first-order valence-electron chi connectivity index (χ1n) is 6.18. The summed E-state index contributed by atoms with van der Waals surface area (Å²) in [7, 11) is 1.64. The van der Waals surface area contributed by atoms with E-state index >= 15 is 0 Å². The molecule has 1 aromatic carbocycles. The van der Waals surface area contributed by atoms with E-state index in [1.165, 1.54) is 0 Å². The SMILES string of the molecule is CCCOc1cc(-c2cccc(Br)n2)ccc1OC. The lowest BCUT2D eigenvalue weighted by Gasteiger charge is -2.11. The maximum Gasteiger partial charge on any atom is 0.161 e. The zero-order chi connectivity index (χ0) is 13.7. The van der Waals surface area contributed by atoms with Crippen LogP contribution in [-0.4, -0.2) is 18.7 Å². The molecule has 1 aromatic heterocycles. The number of benzene rings is 1. The Labute approximate surface area is 121 Å². The van der Waals surface area contributed by atoms with Crippen LogP contribution in [0.1, 0.15) is 13.3 Å². The zero-order valence-corrected chi connectivity index (χ0v) is 12.6. The topological polar surface area (TPSA) is 31.4 Å². The second-order valence-corrected chi connectivity index (χ2v) is 4.87. The molecule has 3 nitrogen and oxygen atoms in total. The number of hydrogen-bond donors (Lipinski definition) is 0. The second-order valence-electron chi connectivity index (χ2n) is 4.06. The van der Waals surface area contributed by atoms with Crippen LogP contribution in [0.3, 0.4) is 0 Å². The minimum atomic E-state index is 0.672. The van der Waals surface area contributed by atoms with Crippen molar-refractivity contribution in [3.8, 4) is 22.8 Å². The highest BCUT2D eigenvalue weighted by Gasteiger charge is 2.08. The summed E-state index contributed by atoms with van der Waals surface area (Å²) in [6, 6.07) is 11.7. The molecule has 0 aliphatic rings. The van der Waals surface area contributed by atoms with E-state index in [0.717, 1.165) is 33.8 Å². The third kappa shape index (κ3) is 3.47. The molecule has 100 valence electrons. The lowest BCUT2D eigenvalue weighted by Crippen LogP contribution is -1.98. The Kier molecular flexibility index (Phi) is 4.80. The maximum absolute atomic E-state index is 5.71. The maximum atomic E-state index is 5.71. The van der Waals surface area contributed by atoms with Crippen LogP contribution >= 0.6 is 15.9 Å². The van der Waals surface area contributed by atoms with Crippen molar-refractivity contribution in [2.75, 3.05) is 13.7 Å². The molecule has 0 aliphatic heterocycles. The van der Waals surface area contributed by atoms with Crippen LogP contribution < -0.4 is 9.47 Å². The second kappa shape index (κ2) is 6.57. The fourth-order valence-corrected chi connectivity index (χ4v) is 2.07. The summed E-state index contributed by atoms with van der Waals surface area (Å²) >= 11 is 3.38. The smallest absolute Gasteiger partial charge is 0.161 e. The summed E-state index contributed by atoms with van der Waals surface area (Å²) in [5.41, 5.74) is 1.91. The molecule has 0 unspecified atom stereocenters. The van der Waals surface area contributed by atoms with Gasteiger partial charge in [-0.3, -0.25) is 0 Å². The minimum absolute atomic E-state index is 0.672. The molecule has 0 aliphatic carbocycles. The van der Waals surface area contributed by atoms with E-state index in [4.69, 9.17) is 9.47 Å². The molecular formula is C15H16BrNO2. The highest BCUT2D eigenvalue weighted by molar-refractivity contribution is 9.10. The number of aromatic nitrogens is 1. The lowest BCUT2D eigenvalue weighted by molar-refractivity contribution is 0.294. The van der Waals surface area contributed by atoms with Crippen LogP contribution in [0, 0.1) is 0 Å². The molecule has 0 radical (unpaired) electrons. The van der Waals surface area contributed by atoms with Crippen molar-refractivity contribution < 1.29 is 9.47 Å². The van der Waals surface area contributed by atoms with Crippen molar-refractivity contribution in [3.63, 3.8) is 0 Å². The van der Waals surface area contributed by atoms with Gasteiger partial charge in [-0.2, -0.15) is 0 Å².